The van der Waals surface area contributed by atoms with Crippen LogP contribution in [0.3, 0.4) is 0 Å². The Morgan fingerprint density at radius 1 is 1.44 bits per heavy atom. The van der Waals surface area contributed by atoms with Crippen molar-refractivity contribution in [2.75, 3.05) is 17.7 Å². The molecule has 0 aliphatic heterocycles. The number of amides is 1. The number of nitrogens with zero attached hydrogens (tertiary/aromatic N) is 2. The molecule has 0 aliphatic carbocycles. The van der Waals surface area contributed by atoms with Gasteiger partial charge in [-0.05, 0) is 12.1 Å². The zero-order chi connectivity index (χ0) is 11.4. The maximum absolute atomic E-state index is 10.2. The average molecular weight is 217 g/mol. The van der Waals surface area contributed by atoms with Gasteiger partial charge in [0.2, 0.25) is 6.41 Å². The van der Waals surface area contributed by atoms with E-state index in [-0.39, 0.29) is 0 Å². The number of aromatic nitrogens is 3. The number of carbonyl (C=O) groups excluding carboxylic acids is 1. The van der Waals surface area contributed by atoms with E-state index in [1.165, 1.54) is 0 Å². The Kier molecular flexibility index (Phi) is 2.81. The number of carbonyl (C=O) groups is 1. The van der Waals surface area contributed by atoms with E-state index < -0.39 is 0 Å². The summed E-state index contributed by atoms with van der Waals surface area (Å²) in [4.78, 5) is 14.3. The van der Waals surface area contributed by atoms with Gasteiger partial charge in [-0.3, -0.25) is 9.89 Å². The van der Waals surface area contributed by atoms with Crippen LogP contribution in [-0.2, 0) is 4.79 Å². The molecule has 2 aromatic rings. The number of anilines is 2. The first kappa shape index (κ1) is 10.2. The lowest BCUT2D eigenvalue weighted by molar-refractivity contribution is -0.105. The molecular weight excluding hydrogens is 206 g/mol. The first-order valence-corrected chi connectivity index (χ1v) is 4.73. The van der Waals surface area contributed by atoms with Crippen molar-refractivity contribution in [1.82, 2.24) is 15.2 Å². The number of nitrogens with one attached hydrogen (secondary N) is 3. The van der Waals surface area contributed by atoms with Gasteiger partial charge in [-0.15, -0.1) is 0 Å². The van der Waals surface area contributed by atoms with Crippen LogP contribution in [0.25, 0.3) is 11.3 Å². The Labute approximate surface area is 92.1 Å². The molecule has 6 nitrogen and oxygen atoms in total. The quantitative estimate of drug-likeness (QED) is 0.669. The minimum Gasteiger partial charge on any atom is -0.373 e. The Morgan fingerprint density at radius 2 is 2.31 bits per heavy atom. The van der Waals surface area contributed by atoms with Crippen molar-refractivity contribution in [1.29, 1.82) is 0 Å². The van der Waals surface area contributed by atoms with Crippen LogP contribution in [0.1, 0.15) is 0 Å². The zero-order valence-electron chi connectivity index (χ0n) is 8.69. The summed E-state index contributed by atoms with van der Waals surface area (Å²) in [5.74, 6) is 1.33. The van der Waals surface area contributed by atoms with Crippen molar-refractivity contribution in [2.24, 2.45) is 0 Å². The fraction of sp³-hybridized carbons (Fsp3) is 0.100. The monoisotopic (exact) mass is 217 g/mol. The third kappa shape index (κ3) is 2.00. The van der Waals surface area contributed by atoms with Gasteiger partial charge in [0.25, 0.3) is 0 Å². The molecule has 1 amide bonds. The Morgan fingerprint density at radius 3 is 3.06 bits per heavy atom. The summed E-state index contributed by atoms with van der Waals surface area (Å²) >= 11 is 0. The molecule has 0 saturated carbocycles. The Hall–Kier alpha value is -2.37. The van der Waals surface area contributed by atoms with E-state index in [0.717, 1.165) is 17.1 Å². The summed E-state index contributed by atoms with van der Waals surface area (Å²) in [5.41, 5.74) is 1.68. The third-order valence-corrected chi connectivity index (χ3v) is 2.10. The van der Waals surface area contributed by atoms with E-state index >= 15 is 0 Å². The molecule has 0 spiro atoms. The molecule has 0 atom stereocenters. The normalized spacial score (nSPS) is 9.81. The van der Waals surface area contributed by atoms with Crippen molar-refractivity contribution in [3.63, 3.8) is 0 Å². The van der Waals surface area contributed by atoms with Crippen LogP contribution in [-0.4, -0.2) is 28.6 Å². The summed E-state index contributed by atoms with van der Waals surface area (Å²) < 4.78 is 0. The average Bonchev–Trinajstić information content (AvgIpc) is 2.78. The highest BCUT2D eigenvalue weighted by Crippen LogP contribution is 2.20. The predicted molar refractivity (Wildman–Crippen MR) is 61.1 cm³/mol. The predicted octanol–water partition coefficient (Wildman–Crippen LogP) is 1.08. The molecule has 2 aromatic heterocycles. The van der Waals surface area contributed by atoms with Gasteiger partial charge in [0, 0.05) is 24.9 Å². The van der Waals surface area contributed by atoms with Gasteiger partial charge in [-0.1, -0.05) is 0 Å². The van der Waals surface area contributed by atoms with E-state index in [9.17, 15) is 4.79 Å². The highest BCUT2D eigenvalue weighted by Gasteiger charge is 2.04. The SMILES string of the molecule is CNc1cc(-c2cc(NC=O)[nH]n2)ccn1. The minimum atomic E-state index is 0.563. The van der Waals surface area contributed by atoms with E-state index in [4.69, 9.17) is 0 Å². The summed E-state index contributed by atoms with van der Waals surface area (Å²) in [6, 6.07) is 5.48. The maximum atomic E-state index is 10.2. The molecule has 0 saturated heterocycles. The number of H-pyrrole nitrogens is 1. The second-order valence-corrected chi connectivity index (χ2v) is 3.11. The highest BCUT2D eigenvalue weighted by atomic mass is 16.1. The standard InChI is InChI=1S/C10H11N5O/c1-11-9-4-7(2-3-12-9)8-5-10(13-6-16)15-14-8/h2-6H,1H3,(H,11,12)(H2,13,14,15,16). The van der Waals surface area contributed by atoms with Gasteiger partial charge >= 0.3 is 0 Å². The Bertz CT molecular complexity index is 493. The third-order valence-electron chi connectivity index (χ3n) is 2.10. The van der Waals surface area contributed by atoms with Crippen LogP contribution >= 0.6 is 0 Å². The fourth-order valence-electron chi connectivity index (χ4n) is 1.33. The molecule has 2 heterocycles. The van der Waals surface area contributed by atoms with Crippen LogP contribution in [0.4, 0.5) is 11.6 Å². The molecule has 0 bridgehead atoms. The van der Waals surface area contributed by atoms with Crippen LogP contribution in [0, 0.1) is 0 Å². The summed E-state index contributed by atoms with van der Waals surface area (Å²) in [5, 5.41) is 12.2. The smallest absolute Gasteiger partial charge is 0.212 e. The Balaban J connectivity index is 2.30. The lowest BCUT2D eigenvalue weighted by atomic mass is 10.2. The number of pyridine rings is 1. The second-order valence-electron chi connectivity index (χ2n) is 3.11. The number of rotatable bonds is 4. The van der Waals surface area contributed by atoms with E-state index in [2.05, 4.69) is 25.8 Å². The van der Waals surface area contributed by atoms with Gasteiger partial charge in [-0.25, -0.2) is 4.98 Å². The molecule has 0 fully saturated rings. The molecule has 0 unspecified atom stereocenters. The summed E-state index contributed by atoms with van der Waals surface area (Å²) in [7, 11) is 1.80. The lowest BCUT2D eigenvalue weighted by Gasteiger charge is -2.00. The van der Waals surface area contributed by atoms with Gasteiger partial charge in [-0.2, -0.15) is 5.10 Å². The van der Waals surface area contributed by atoms with Crippen molar-refractivity contribution in [2.45, 2.75) is 0 Å². The van der Waals surface area contributed by atoms with Gasteiger partial charge in [0.1, 0.15) is 11.6 Å². The molecular formula is C10H11N5O. The van der Waals surface area contributed by atoms with Crippen molar-refractivity contribution < 1.29 is 4.79 Å². The lowest BCUT2D eigenvalue weighted by Crippen LogP contribution is -1.92. The largest absolute Gasteiger partial charge is 0.373 e. The molecule has 6 heteroatoms. The molecule has 2 rings (SSSR count). The zero-order valence-corrected chi connectivity index (χ0v) is 8.69. The molecule has 0 aliphatic rings. The summed E-state index contributed by atoms with van der Waals surface area (Å²) in [6.45, 7) is 0. The van der Waals surface area contributed by atoms with E-state index in [1.807, 2.05) is 12.1 Å². The highest BCUT2D eigenvalue weighted by molar-refractivity contribution is 5.72. The van der Waals surface area contributed by atoms with Gasteiger partial charge < -0.3 is 10.6 Å². The van der Waals surface area contributed by atoms with Crippen molar-refractivity contribution in [3.8, 4) is 11.3 Å². The first-order valence-electron chi connectivity index (χ1n) is 4.73. The minimum absolute atomic E-state index is 0.563. The van der Waals surface area contributed by atoms with Crippen molar-refractivity contribution in [3.05, 3.63) is 24.4 Å². The molecule has 3 N–H and O–H groups in total. The van der Waals surface area contributed by atoms with Crippen LogP contribution < -0.4 is 10.6 Å². The van der Waals surface area contributed by atoms with Crippen LogP contribution in [0.15, 0.2) is 24.4 Å². The molecule has 0 aromatic carbocycles. The van der Waals surface area contributed by atoms with Crippen LogP contribution in [0.5, 0.6) is 0 Å². The van der Waals surface area contributed by atoms with Crippen molar-refractivity contribution >= 4 is 18.0 Å². The number of hydrogen-bond acceptors (Lipinski definition) is 4. The molecule has 16 heavy (non-hydrogen) atoms. The number of aromatic amines is 1. The van der Waals surface area contributed by atoms with Gasteiger partial charge in [0.15, 0.2) is 0 Å². The van der Waals surface area contributed by atoms with E-state index in [1.54, 1.807) is 19.3 Å². The number of hydrogen-bond donors (Lipinski definition) is 3. The fourth-order valence-corrected chi connectivity index (χ4v) is 1.33. The van der Waals surface area contributed by atoms with E-state index in [0.29, 0.717) is 12.2 Å². The summed E-state index contributed by atoms with van der Waals surface area (Å²) in [6.07, 6.45) is 2.30. The first-order chi connectivity index (χ1) is 7.83. The molecule has 0 radical (unpaired) electrons. The van der Waals surface area contributed by atoms with Gasteiger partial charge in [0.05, 0.1) is 5.69 Å². The molecule has 82 valence electrons. The topological polar surface area (TPSA) is 82.7 Å². The maximum Gasteiger partial charge on any atom is 0.212 e. The van der Waals surface area contributed by atoms with Crippen LogP contribution in [0.2, 0.25) is 0 Å². The second kappa shape index (κ2) is 4.43.